The molecule has 1 heterocycles. The van der Waals surface area contributed by atoms with Gasteiger partial charge in [0.15, 0.2) is 12.6 Å². The molecular weight excluding hydrogens is 371 g/mol. The monoisotopic (exact) mass is 400 g/mol. The molecule has 6 nitrogen and oxygen atoms in total. The molecule has 0 aliphatic carbocycles. The van der Waals surface area contributed by atoms with E-state index in [1.165, 1.54) is 21.9 Å². The fourth-order valence-corrected chi connectivity index (χ4v) is 3.81. The molecule has 3 rings (SSSR count). The highest BCUT2D eigenvalue weighted by molar-refractivity contribution is 5.91. The maximum absolute atomic E-state index is 13.0. The summed E-state index contributed by atoms with van der Waals surface area (Å²) in [7, 11) is 3.58. The van der Waals surface area contributed by atoms with E-state index in [0.29, 0.717) is 12.2 Å². The smallest absolute Gasteiger partial charge is 0.285 e. The second-order valence-electron chi connectivity index (χ2n) is 7.72. The predicted octanol–water partition coefficient (Wildman–Crippen LogP) is -0.623. The number of likely N-dealkylation sites (N-methyl/N-ethyl adjacent to an activating group) is 1. The van der Waals surface area contributed by atoms with Gasteiger partial charge < -0.3 is 20.0 Å². The van der Waals surface area contributed by atoms with Gasteiger partial charge in [0.2, 0.25) is 0 Å². The standard InChI is InChI=1S/C22H27FN4O2/c1-25(2)22(29)21(17-6-4-3-5-7-17)27-14-12-26(13-15-27)16-20(28)24-19-10-8-18(23)9-11-19/h3-11,21H,12-16H2,1-2H3,(H,24,28)/p+2/t21-/m1/s1. The van der Waals surface area contributed by atoms with Crippen LogP contribution in [0, 0.1) is 5.82 Å². The van der Waals surface area contributed by atoms with Gasteiger partial charge >= 0.3 is 0 Å². The lowest BCUT2D eigenvalue weighted by atomic mass is 10.0. The van der Waals surface area contributed by atoms with E-state index in [9.17, 15) is 14.0 Å². The summed E-state index contributed by atoms with van der Waals surface area (Å²) in [6.45, 7) is 3.63. The molecule has 0 spiro atoms. The number of amides is 2. The van der Waals surface area contributed by atoms with Crippen LogP contribution in [0.5, 0.6) is 0 Å². The number of nitrogens with one attached hydrogen (secondary N) is 3. The zero-order valence-corrected chi connectivity index (χ0v) is 17.0. The fraction of sp³-hybridized carbons (Fsp3) is 0.364. The Bertz CT molecular complexity index is 818. The van der Waals surface area contributed by atoms with Crippen molar-refractivity contribution in [1.82, 2.24) is 4.90 Å². The average molecular weight is 400 g/mol. The van der Waals surface area contributed by atoms with E-state index in [-0.39, 0.29) is 23.7 Å². The minimum absolute atomic E-state index is 0.0842. The van der Waals surface area contributed by atoms with Crippen molar-refractivity contribution in [3.8, 4) is 0 Å². The minimum atomic E-state index is -0.326. The van der Waals surface area contributed by atoms with Crippen LogP contribution in [0.2, 0.25) is 0 Å². The lowest BCUT2D eigenvalue weighted by molar-refractivity contribution is -1.02. The van der Waals surface area contributed by atoms with Gasteiger partial charge in [-0.15, -0.1) is 0 Å². The van der Waals surface area contributed by atoms with Crippen LogP contribution in [-0.2, 0) is 9.59 Å². The predicted molar refractivity (Wildman–Crippen MR) is 109 cm³/mol. The van der Waals surface area contributed by atoms with Crippen molar-refractivity contribution in [2.75, 3.05) is 52.1 Å². The first-order valence-corrected chi connectivity index (χ1v) is 9.93. The Hall–Kier alpha value is -2.77. The molecule has 29 heavy (non-hydrogen) atoms. The number of anilines is 1. The zero-order chi connectivity index (χ0) is 20.8. The van der Waals surface area contributed by atoms with Crippen molar-refractivity contribution < 1.29 is 23.8 Å². The van der Waals surface area contributed by atoms with Crippen molar-refractivity contribution >= 4 is 17.5 Å². The van der Waals surface area contributed by atoms with Crippen LogP contribution in [0.25, 0.3) is 0 Å². The molecule has 154 valence electrons. The molecule has 3 N–H and O–H groups in total. The molecule has 0 saturated carbocycles. The molecule has 2 aromatic carbocycles. The fourth-order valence-electron chi connectivity index (χ4n) is 3.81. The number of halogens is 1. The number of benzene rings is 2. The molecule has 1 fully saturated rings. The van der Waals surface area contributed by atoms with E-state index in [0.717, 1.165) is 31.7 Å². The van der Waals surface area contributed by atoms with Gasteiger partial charge in [0.25, 0.3) is 11.8 Å². The maximum Gasteiger partial charge on any atom is 0.285 e. The minimum Gasteiger partial charge on any atom is -0.343 e. The summed E-state index contributed by atoms with van der Waals surface area (Å²) >= 11 is 0. The van der Waals surface area contributed by atoms with E-state index < -0.39 is 0 Å². The Morgan fingerprint density at radius 3 is 2.21 bits per heavy atom. The second kappa shape index (κ2) is 9.62. The first-order valence-electron chi connectivity index (χ1n) is 9.93. The molecule has 2 amide bonds. The van der Waals surface area contributed by atoms with Crippen molar-refractivity contribution in [3.63, 3.8) is 0 Å². The second-order valence-corrected chi connectivity index (χ2v) is 7.72. The van der Waals surface area contributed by atoms with Gasteiger partial charge in [-0.3, -0.25) is 9.59 Å². The quantitative estimate of drug-likeness (QED) is 0.605. The lowest BCUT2D eigenvalue weighted by Gasteiger charge is -2.34. The number of hydrogen-bond acceptors (Lipinski definition) is 2. The van der Waals surface area contributed by atoms with E-state index >= 15 is 0 Å². The number of nitrogens with zero attached hydrogens (tertiary/aromatic N) is 1. The third kappa shape index (κ3) is 5.62. The molecule has 1 aliphatic heterocycles. The van der Waals surface area contributed by atoms with Gasteiger partial charge in [-0.2, -0.15) is 0 Å². The van der Waals surface area contributed by atoms with Crippen molar-refractivity contribution in [1.29, 1.82) is 0 Å². The van der Waals surface area contributed by atoms with E-state index in [4.69, 9.17) is 0 Å². The summed E-state index contributed by atoms with van der Waals surface area (Å²) in [5.41, 5.74) is 1.62. The normalized spacial score (nSPS) is 20.0. The number of carbonyl (C=O) groups excluding carboxylic acids is 2. The first kappa shape index (κ1) is 21.0. The Kier molecular flexibility index (Phi) is 6.95. The first-order chi connectivity index (χ1) is 13.9. The van der Waals surface area contributed by atoms with Gasteiger partial charge in [0, 0.05) is 25.3 Å². The topological polar surface area (TPSA) is 58.3 Å². The number of piperazine rings is 1. The maximum atomic E-state index is 13.0. The van der Waals surface area contributed by atoms with Gasteiger partial charge in [0.1, 0.15) is 32.0 Å². The van der Waals surface area contributed by atoms with Crippen molar-refractivity contribution in [2.24, 2.45) is 0 Å². The van der Waals surface area contributed by atoms with Crippen LogP contribution in [0.3, 0.4) is 0 Å². The lowest BCUT2D eigenvalue weighted by Crippen LogP contribution is -3.28. The average Bonchev–Trinajstić information content (AvgIpc) is 2.72. The summed E-state index contributed by atoms with van der Waals surface area (Å²) in [4.78, 5) is 29.2. The Morgan fingerprint density at radius 1 is 1.00 bits per heavy atom. The number of rotatable bonds is 6. The molecule has 0 aromatic heterocycles. The number of carbonyl (C=O) groups is 2. The molecule has 1 atom stereocenters. The van der Waals surface area contributed by atoms with Gasteiger partial charge in [-0.05, 0) is 24.3 Å². The zero-order valence-electron chi connectivity index (χ0n) is 17.0. The largest absolute Gasteiger partial charge is 0.343 e. The van der Waals surface area contributed by atoms with Gasteiger partial charge in [-0.25, -0.2) is 4.39 Å². The SMILES string of the molecule is CN(C)C(=O)[C@@H](c1ccccc1)[NH+]1CC[NH+](CC(=O)Nc2ccc(F)cc2)CC1. The molecule has 0 bridgehead atoms. The van der Waals surface area contributed by atoms with E-state index in [1.807, 2.05) is 30.3 Å². The third-order valence-corrected chi connectivity index (χ3v) is 5.37. The summed E-state index contributed by atoms with van der Waals surface area (Å²) in [6, 6.07) is 15.5. The molecule has 1 saturated heterocycles. The Morgan fingerprint density at radius 2 is 1.62 bits per heavy atom. The molecule has 0 radical (unpaired) electrons. The highest BCUT2D eigenvalue weighted by Gasteiger charge is 2.36. The van der Waals surface area contributed by atoms with Crippen LogP contribution in [0.1, 0.15) is 11.6 Å². The number of hydrogen-bond donors (Lipinski definition) is 3. The summed E-state index contributed by atoms with van der Waals surface area (Å²) in [6.07, 6.45) is 0. The highest BCUT2D eigenvalue weighted by atomic mass is 19.1. The molecule has 1 aliphatic rings. The van der Waals surface area contributed by atoms with Crippen LogP contribution in [-0.4, -0.2) is 63.5 Å². The van der Waals surface area contributed by atoms with E-state index in [1.54, 1.807) is 31.1 Å². The Labute approximate surface area is 170 Å². The molecular formula is C22H29FN4O2+2. The highest BCUT2D eigenvalue weighted by Crippen LogP contribution is 2.11. The van der Waals surface area contributed by atoms with Gasteiger partial charge in [-0.1, -0.05) is 30.3 Å². The molecule has 7 heteroatoms. The van der Waals surface area contributed by atoms with Crippen LogP contribution >= 0.6 is 0 Å². The summed E-state index contributed by atoms with van der Waals surface area (Å²) in [5, 5.41) is 2.82. The summed E-state index contributed by atoms with van der Waals surface area (Å²) < 4.78 is 13.0. The molecule has 0 unspecified atom stereocenters. The van der Waals surface area contributed by atoms with Crippen molar-refractivity contribution in [3.05, 3.63) is 66.0 Å². The Balaban J connectivity index is 1.57. The van der Waals surface area contributed by atoms with E-state index in [2.05, 4.69) is 5.32 Å². The van der Waals surface area contributed by atoms with Crippen molar-refractivity contribution in [2.45, 2.75) is 6.04 Å². The number of quaternary nitrogens is 2. The van der Waals surface area contributed by atoms with Crippen LogP contribution < -0.4 is 15.1 Å². The van der Waals surface area contributed by atoms with Gasteiger partial charge in [0.05, 0.1) is 0 Å². The summed E-state index contributed by atoms with van der Waals surface area (Å²) in [5.74, 6) is -0.310. The van der Waals surface area contributed by atoms with Crippen LogP contribution in [0.4, 0.5) is 10.1 Å². The van der Waals surface area contributed by atoms with Crippen LogP contribution in [0.15, 0.2) is 54.6 Å². The molecule has 2 aromatic rings. The third-order valence-electron chi connectivity index (χ3n) is 5.37.